The molecule has 6 nitrogen and oxygen atoms in total. The van der Waals surface area contributed by atoms with Gasteiger partial charge in [-0.25, -0.2) is 4.79 Å². The first-order valence-corrected chi connectivity index (χ1v) is 7.33. The van der Waals surface area contributed by atoms with Crippen molar-refractivity contribution < 1.29 is 24.5 Å². The number of rotatable bonds is 2. The summed E-state index contributed by atoms with van der Waals surface area (Å²) in [6.07, 6.45) is 0. The number of hydrogen-bond donors (Lipinski definition) is 2. The van der Waals surface area contributed by atoms with Crippen LogP contribution in [0.25, 0.3) is 11.5 Å². The largest absolute Gasteiger partial charge is 0.479 e. The van der Waals surface area contributed by atoms with Crippen molar-refractivity contribution in [3.63, 3.8) is 0 Å². The highest BCUT2D eigenvalue weighted by Crippen LogP contribution is 2.13. The van der Waals surface area contributed by atoms with Gasteiger partial charge in [0.2, 0.25) is 0 Å². The Bertz CT molecular complexity index is 611. The lowest BCUT2D eigenvalue weighted by Gasteiger charge is -2.21. The number of hydrogen-bond acceptors (Lipinski definition) is 7. The van der Waals surface area contributed by atoms with Crippen molar-refractivity contribution >= 4 is 46.1 Å². The lowest BCUT2D eigenvalue weighted by molar-refractivity contribution is -0.148. The van der Waals surface area contributed by atoms with Crippen LogP contribution in [0.15, 0.2) is 0 Å². The number of esters is 1. The second-order valence-electron chi connectivity index (χ2n) is 5.18. The van der Waals surface area contributed by atoms with E-state index in [0.29, 0.717) is 3.85 Å². The number of aliphatic hydroxyl groups is 2. The molecule has 8 heteroatoms. The van der Waals surface area contributed by atoms with E-state index in [2.05, 4.69) is 0 Å². The van der Waals surface area contributed by atoms with E-state index < -0.39 is 23.4 Å². The summed E-state index contributed by atoms with van der Waals surface area (Å²) in [5.41, 5.74) is -0.809. The van der Waals surface area contributed by atoms with Gasteiger partial charge in [0.1, 0.15) is 9.45 Å². The van der Waals surface area contributed by atoms with Gasteiger partial charge in [-0.05, 0) is 20.8 Å². The van der Waals surface area contributed by atoms with Crippen LogP contribution in [0.2, 0.25) is 0 Å². The van der Waals surface area contributed by atoms with Crippen LogP contribution in [0.1, 0.15) is 20.8 Å². The zero-order valence-electron chi connectivity index (χ0n) is 11.9. The van der Waals surface area contributed by atoms with E-state index in [1.54, 1.807) is 20.8 Å². The molecular formula is C12H17NO5S2. The van der Waals surface area contributed by atoms with Gasteiger partial charge >= 0.3 is 11.9 Å². The van der Waals surface area contributed by atoms with Crippen LogP contribution in [0.4, 0.5) is 0 Å². The summed E-state index contributed by atoms with van der Waals surface area (Å²) >= 11 is 1.93. The fourth-order valence-electron chi connectivity index (χ4n) is 1.18. The molecule has 2 N–H and O–H groups in total. The first kappa shape index (κ1) is 16.5. The average Bonchev–Trinajstić information content (AvgIpc) is 2.17. The Kier molecular flexibility index (Phi) is 4.82. The van der Waals surface area contributed by atoms with Gasteiger partial charge in [-0.3, -0.25) is 4.79 Å². The van der Waals surface area contributed by atoms with Crippen LogP contribution in [0.5, 0.6) is 0 Å². The maximum atomic E-state index is 12.1. The Morgan fingerprint density at radius 2 is 1.60 bits per heavy atom. The minimum atomic E-state index is -0.815. The number of carbonyl (C=O) groups excluding carboxylic acids is 2. The highest BCUT2D eigenvalue weighted by Gasteiger charge is 2.28. The summed E-state index contributed by atoms with van der Waals surface area (Å²) in [5, 5.41) is 17.8. The number of ether oxygens (including phenoxy) is 1. The van der Waals surface area contributed by atoms with E-state index in [1.807, 2.05) is 0 Å². The van der Waals surface area contributed by atoms with Gasteiger partial charge in [0.25, 0.3) is 5.91 Å². The molecule has 0 aliphatic heterocycles. The molecule has 0 aromatic carbocycles. The van der Waals surface area contributed by atoms with Crippen LogP contribution >= 0.6 is 22.7 Å². The summed E-state index contributed by atoms with van der Waals surface area (Å²) < 4.78 is 5.85. The van der Waals surface area contributed by atoms with E-state index in [4.69, 9.17) is 14.9 Å². The number of aliphatic hydroxyl groups excluding tert-OH is 1. The minimum Gasteiger partial charge on any atom is -0.479 e. The third-order valence-corrected chi connectivity index (χ3v) is 4.50. The van der Waals surface area contributed by atoms with Crippen LogP contribution in [-0.4, -0.2) is 46.7 Å². The fourth-order valence-corrected chi connectivity index (χ4v) is 3.01. The normalized spacial score (nSPS) is 11.1. The monoisotopic (exact) mass is 319 g/mol. The summed E-state index contributed by atoms with van der Waals surface area (Å²) in [5.74, 6) is -2.02. The third kappa shape index (κ3) is 3.97. The molecule has 0 fully saturated rings. The van der Waals surface area contributed by atoms with E-state index in [9.17, 15) is 9.59 Å². The Morgan fingerprint density at radius 3 is 1.95 bits per heavy atom. The van der Waals surface area contributed by atoms with Crippen molar-refractivity contribution in [2.24, 2.45) is 0 Å². The van der Waals surface area contributed by atoms with Gasteiger partial charge in [-0.15, -0.1) is 22.7 Å². The highest BCUT2D eigenvalue weighted by molar-refractivity contribution is 7.36. The van der Waals surface area contributed by atoms with Crippen molar-refractivity contribution in [1.82, 2.24) is 4.90 Å². The molecular weight excluding hydrogens is 302 g/mol. The number of amides is 1. The van der Waals surface area contributed by atoms with Gasteiger partial charge in [0.15, 0.2) is 9.42 Å². The molecule has 1 amide bonds. The topological polar surface area (TPSA) is 87.1 Å². The zero-order valence-corrected chi connectivity index (χ0v) is 13.5. The molecule has 1 aromatic rings. The predicted molar refractivity (Wildman–Crippen MR) is 78.1 cm³/mol. The van der Waals surface area contributed by atoms with Crippen molar-refractivity contribution in [3.05, 3.63) is 7.69 Å². The molecule has 0 aliphatic carbocycles. The number of carbonyl (C=O) groups is 2. The maximum absolute atomic E-state index is 12.1. The molecule has 0 saturated carbocycles. The summed E-state index contributed by atoms with van der Waals surface area (Å²) in [7, 11) is 3.06. The van der Waals surface area contributed by atoms with Crippen LogP contribution < -0.4 is 7.69 Å². The van der Waals surface area contributed by atoms with Gasteiger partial charge in [0, 0.05) is 14.1 Å². The smallest absolute Gasteiger partial charge is 0.346 e. The molecule has 112 valence electrons. The Balaban J connectivity index is 3.32. The Labute approximate surface area is 124 Å². The van der Waals surface area contributed by atoms with E-state index >= 15 is 0 Å². The molecule has 0 atom stereocenters. The first-order valence-electron chi connectivity index (χ1n) is 5.70. The average molecular weight is 319 g/mol. The Hall–Kier alpha value is -1.54. The molecule has 0 spiro atoms. The zero-order chi connectivity index (χ0) is 15.7. The summed E-state index contributed by atoms with van der Waals surface area (Å²) in [4.78, 5) is 25.5. The van der Waals surface area contributed by atoms with Crippen LogP contribution in [-0.2, 0) is 14.3 Å². The highest BCUT2D eigenvalue weighted by atomic mass is 32.2. The molecule has 0 radical (unpaired) electrons. The van der Waals surface area contributed by atoms with Crippen molar-refractivity contribution in [3.8, 4) is 0 Å². The van der Waals surface area contributed by atoms with E-state index in [1.165, 1.54) is 19.0 Å². The van der Waals surface area contributed by atoms with Crippen molar-refractivity contribution in [2.75, 3.05) is 14.1 Å². The first-order chi connectivity index (χ1) is 9.03. The van der Waals surface area contributed by atoms with Crippen LogP contribution in [0, 0.1) is 0 Å². The molecule has 0 aliphatic rings. The lowest BCUT2D eigenvalue weighted by Crippen LogP contribution is -2.35. The second-order valence-corrected chi connectivity index (χ2v) is 7.74. The number of nitrogens with zero attached hydrogens (tertiary/aromatic N) is 1. The lowest BCUT2D eigenvalue weighted by atomic mass is 10.2. The summed E-state index contributed by atoms with van der Waals surface area (Å²) in [6, 6.07) is 0. The van der Waals surface area contributed by atoms with Gasteiger partial charge < -0.3 is 19.8 Å². The Morgan fingerprint density at radius 1 is 1.10 bits per heavy atom. The minimum absolute atomic E-state index is 0.0927. The van der Waals surface area contributed by atoms with E-state index in [0.717, 1.165) is 22.7 Å². The predicted octanol–water partition coefficient (Wildman–Crippen LogP) is 0.572. The molecule has 0 saturated heterocycles. The van der Waals surface area contributed by atoms with Gasteiger partial charge in [-0.2, -0.15) is 0 Å². The standard InChI is InChI=1S/C12H17NO5S2/c1-12(2,3)18-9(17)6(7(14)13(4)5)10-19-11(20-10)8(15)16/h15-16H,1-5H3. The van der Waals surface area contributed by atoms with Crippen molar-refractivity contribution in [1.29, 1.82) is 0 Å². The van der Waals surface area contributed by atoms with Crippen molar-refractivity contribution in [2.45, 2.75) is 26.4 Å². The SMILES string of the molecule is CN(C)C(=O)C(C(=O)OC(C)(C)C)=c1sc(=C(O)O)s1. The fraction of sp³-hybridized carbons (Fsp3) is 0.500. The van der Waals surface area contributed by atoms with Gasteiger partial charge in [-0.1, -0.05) is 0 Å². The van der Waals surface area contributed by atoms with Gasteiger partial charge in [0.05, 0.1) is 0 Å². The molecule has 20 heavy (non-hydrogen) atoms. The molecule has 1 aromatic heterocycles. The second kappa shape index (κ2) is 5.84. The maximum Gasteiger partial charge on any atom is 0.346 e. The summed E-state index contributed by atoms with van der Waals surface area (Å²) in [6.45, 7) is 5.12. The molecule has 1 heterocycles. The quantitative estimate of drug-likeness (QED) is 0.615. The van der Waals surface area contributed by atoms with E-state index in [-0.39, 0.29) is 9.42 Å². The molecule has 0 bridgehead atoms. The molecule has 1 rings (SSSR count). The third-order valence-electron chi connectivity index (χ3n) is 1.98. The van der Waals surface area contributed by atoms with Crippen LogP contribution in [0.3, 0.4) is 0 Å². The molecule has 0 unspecified atom stereocenters.